The summed E-state index contributed by atoms with van der Waals surface area (Å²) < 4.78 is 0. The van der Waals surface area contributed by atoms with E-state index in [0.717, 1.165) is 24.8 Å². The van der Waals surface area contributed by atoms with E-state index < -0.39 is 5.97 Å². The first-order valence-corrected chi connectivity index (χ1v) is 6.90. The van der Waals surface area contributed by atoms with Crippen molar-refractivity contribution in [2.24, 2.45) is 0 Å². The number of benzene rings is 1. The summed E-state index contributed by atoms with van der Waals surface area (Å²) in [7, 11) is 0. The fourth-order valence-electron chi connectivity index (χ4n) is 2.87. The number of aromatic nitrogens is 2. The number of nitrogens with zero attached hydrogens (tertiary/aromatic N) is 1. The Labute approximate surface area is 115 Å². The number of aliphatic carboxylic acids is 1. The molecule has 0 spiro atoms. The second-order valence-corrected chi connectivity index (χ2v) is 5.21. The third-order valence-electron chi connectivity index (χ3n) is 3.83. The van der Waals surface area contributed by atoms with Gasteiger partial charge in [-0.3, -0.25) is 9.59 Å². The molecule has 0 saturated heterocycles. The SMILES string of the molecule is O=C(O)CCc1nc2ccc3c(c2c(=O)[nH]1)CCCC3. The van der Waals surface area contributed by atoms with E-state index in [1.165, 1.54) is 12.0 Å². The molecule has 5 heteroatoms. The number of fused-ring (bicyclic) bond motifs is 3. The van der Waals surface area contributed by atoms with Crippen LogP contribution in [0.25, 0.3) is 10.9 Å². The molecule has 2 N–H and O–H groups in total. The first-order chi connectivity index (χ1) is 9.65. The van der Waals surface area contributed by atoms with E-state index in [2.05, 4.69) is 9.97 Å². The van der Waals surface area contributed by atoms with Gasteiger partial charge in [0.05, 0.1) is 17.3 Å². The summed E-state index contributed by atoms with van der Waals surface area (Å²) >= 11 is 0. The third-order valence-corrected chi connectivity index (χ3v) is 3.83. The zero-order chi connectivity index (χ0) is 14.1. The smallest absolute Gasteiger partial charge is 0.303 e. The van der Waals surface area contributed by atoms with Crippen LogP contribution in [0, 0.1) is 0 Å². The van der Waals surface area contributed by atoms with Crippen LogP contribution >= 0.6 is 0 Å². The molecule has 1 aliphatic carbocycles. The number of H-pyrrole nitrogens is 1. The zero-order valence-corrected chi connectivity index (χ0v) is 11.1. The number of hydrogen-bond donors (Lipinski definition) is 2. The van der Waals surface area contributed by atoms with Gasteiger partial charge >= 0.3 is 5.97 Å². The molecule has 0 atom stereocenters. The molecule has 3 rings (SSSR count). The van der Waals surface area contributed by atoms with Crippen molar-refractivity contribution in [3.8, 4) is 0 Å². The molecule has 0 amide bonds. The van der Waals surface area contributed by atoms with Crippen LogP contribution in [0.4, 0.5) is 0 Å². The van der Waals surface area contributed by atoms with E-state index in [1.807, 2.05) is 12.1 Å². The standard InChI is InChI=1S/C15H16N2O3/c18-13(19)8-7-12-16-11-6-5-9-3-1-2-4-10(9)14(11)15(20)17-12/h5-6H,1-4,7-8H2,(H,18,19)(H,16,17,20). The van der Waals surface area contributed by atoms with E-state index in [1.54, 1.807) is 0 Å². The van der Waals surface area contributed by atoms with Crippen LogP contribution in [-0.2, 0) is 24.1 Å². The molecule has 1 heterocycles. The van der Waals surface area contributed by atoms with Gasteiger partial charge in [0, 0.05) is 6.42 Å². The molecular weight excluding hydrogens is 256 g/mol. The van der Waals surface area contributed by atoms with Crippen LogP contribution in [0.15, 0.2) is 16.9 Å². The first-order valence-electron chi connectivity index (χ1n) is 6.90. The Morgan fingerprint density at radius 3 is 2.90 bits per heavy atom. The van der Waals surface area contributed by atoms with E-state index in [0.29, 0.717) is 16.7 Å². The maximum Gasteiger partial charge on any atom is 0.303 e. The van der Waals surface area contributed by atoms with Crippen LogP contribution in [-0.4, -0.2) is 21.0 Å². The highest BCUT2D eigenvalue weighted by molar-refractivity contribution is 5.82. The summed E-state index contributed by atoms with van der Waals surface area (Å²) in [6, 6.07) is 3.92. The Morgan fingerprint density at radius 2 is 2.10 bits per heavy atom. The van der Waals surface area contributed by atoms with Crippen LogP contribution in [0.2, 0.25) is 0 Å². The molecule has 1 aromatic heterocycles. The van der Waals surface area contributed by atoms with Crippen molar-refractivity contribution < 1.29 is 9.90 Å². The van der Waals surface area contributed by atoms with Crippen molar-refractivity contribution in [1.82, 2.24) is 9.97 Å². The maximum absolute atomic E-state index is 12.3. The van der Waals surface area contributed by atoms with Gasteiger partial charge in [0.15, 0.2) is 0 Å². The molecule has 0 fully saturated rings. The van der Waals surface area contributed by atoms with E-state index in [-0.39, 0.29) is 18.4 Å². The molecule has 0 saturated carbocycles. The van der Waals surface area contributed by atoms with Crippen LogP contribution in [0.5, 0.6) is 0 Å². The summed E-state index contributed by atoms with van der Waals surface area (Å²) in [5.41, 5.74) is 2.89. The number of carbonyl (C=O) groups is 1. The minimum atomic E-state index is -0.891. The van der Waals surface area contributed by atoms with E-state index in [9.17, 15) is 9.59 Å². The van der Waals surface area contributed by atoms with Crippen LogP contribution in [0.1, 0.15) is 36.2 Å². The van der Waals surface area contributed by atoms with Gasteiger partial charge in [-0.1, -0.05) is 6.07 Å². The first kappa shape index (κ1) is 12.8. The Bertz CT molecular complexity index is 734. The van der Waals surface area contributed by atoms with Crippen LogP contribution < -0.4 is 5.56 Å². The lowest BCUT2D eigenvalue weighted by atomic mass is 9.89. The van der Waals surface area contributed by atoms with Crippen molar-refractivity contribution in [3.63, 3.8) is 0 Å². The summed E-state index contributed by atoms with van der Waals surface area (Å²) in [5, 5.41) is 9.38. The molecule has 1 aromatic carbocycles. The Hall–Kier alpha value is -2.17. The quantitative estimate of drug-likeness (QED) is 0.892. The minimum absolute atomic E-state index is 0.0284. The van der Waals surface area contributed by atoms with E-state index in [4.69, 9.17) is 5.11 Å². The molecule has 0 bridgehead atoms. The number of rotatable bonds is 3. The van der Waals surface area contributed by atoms with Crippen LogP contribution in [0.3, 0.4) is 0 Å². The highest BCUT2D eigenvalue weighted by atomic mass is 16.4. The molecule has 5 nitrogen and oxygen atoms in total. The Kier molecular flexibility index (Phi) is 3.26. The summed E-state index contributed by atoms with van der Waals surface area (Å²) in [4.78, 5) is 30.0. The predicted molar refractivity (Wildman–Crippen MR) is 75.0 cm³/mol. The molecule has 0 radical (unpaired) electrons. The average Bonchev–Trinajstić information content (AvgIpc) is 2.44. The molecule has 104 valence electrons. The second-order valence-electron chi connectivity index (χ2n) is 5.21. The lowest BCUT2D eigenvalue weighted by molar-refractivity contribution is -0.137. The predicted octanol–water partition coefficient (Wildman–Crippen LogP) is 1.82. The highest BCUT2D eigenvalue weighted by Crippen LogP contribution is 2.26. The molecule has 0 unspecified atom stereocenters. The largest absolute Gasteiger partial charge is 0.481 e. The minimum Gasteiger partial charge on any atom is -0.481 e. The fourth-order valence-corrected chi connectivity index (χ4v) is 2.87. The molecule has 20 heavy (non-hydrogen) atoms. The lowest BCUT2D eigenvalue weighted by Gasteiger charge is -2.17. The van der Waals surface area contributed by atoms with Gasteiger partial charge in [0.25, 0.3) is 5.56 Å². The zero-order valence-electron chi connectivity index (χ0n) is 11.1. The number of carboxylic acids is 1. The number of aryl methyl sites for hydroxylation is 3. The topological polar surface area (TPSA) is 83.0 Å². The molecular formula is C15H16N2O3. The third kappa shape index (κ3) is 2.31. The van der Waals surface area contributed by atoms with Crippen molar-refractivity contribution in [3.05, 3.63) is 39.4 Å². The number of carboxylic acid groups (broad SMARTS) is 1. The van der Waals surface area contributed by atoms with E-state index >= 15 is 0 Å². The highest BCUT2D eigenvalue weighted by Gasteiger charge is 2.16. The monoisotopic (exact) mass is 272 g/mol. The van der Waals surface area contributed by atoms with Gasteiger partial charge in [-0.2, -0.15) is 0 Å². The second kappa shape index (κ2) is 5.07. The van der Waals surface area contributed by atoms with Gasteiger partial charge in [-0.25, -0.2) is 4.98 Å². The Balaban J connectivity index is 2.09. The lowest BCUT2D eigenvalue weighted by Crippen LogP contribution is -2.16. The summed E-state index contributed by atoms with van der Waals surface area (Å²) in [6.07, 6.45) is 4.43. The number of nitrogens with one attached hydrogen (secondary N) is 1. The van der Waals surface area contributed by atoms with Gasteiger partial charge < -0.3 is 10.1 Å². The van der Waals surface area contributed by atoms with Crippen molar-refractivity contribution in [2.75, 3.05) is 0 Å². The fraction of sp³-hybridized carbons (Fsp3) is 0.400. The van der Waals surface area contributed by atoms with Crippen molar-refractivity contribution in [2.45, 2.75) is 38.5 Å². The van der Waals surface area contributed by atoms with Gasteiger partial charge in [-0.05, 0) is 42.9 Å². The van der Waals surface area contributed by atoms with Gasteiger partial charge in [0.1, 0.15) is 5.82 Å². The molecule has 2 aromatic rings. The number of aromatic amines is 1. The van der Waals surface area contributed by atoms with Gasteiger partial charge in [0.2, 0.25) is 0 Å². The summed E-state index contributed by atoms with van der Waals surface area (Å²) in [5.74, 6) is -0.446. The van der Waals surface area contributed by atoms with Crippen molar-refractivity contribution >= 4 is 16.9 Å². The maximum atomic E-state index is 12.3. The summed E-state index contributed by atoms with van der Waals surface area (Å²) in [6.45, 7) is 0. The number of hydrogen-bond acceptors (Lipinski definition) is 3. The normalized spacial score (nSPS) is 14.2. The molecule has 0 aliphatic heterocycles. The Morgan fingerprint density at radius 1 is 1.30 bits per heavy atom. The van der Waals surface area contributed by atoms with Crippen molar-refractivity contribution in [1.29, 1.82) is 0 Å². The average molecular weight is 272 g/mol. The molecule has 1 aliphatic rings. The van der Waals surface area contributed by atoms with Gasteiger partial charge in [-0.15, -0.1) is 0 Å².